The minimum absolute atomic E-state index is 0.162. The molecule has 1 heteroatoms. The Balaban J connectivity index is 2.84. The largest absolute Gasteiger partial charge is 0.305 e. The van der Waals surface area contributed by atoms with Crippen molar-refractivity contribution in [2.24, 2.45) is 5.41 Å². The van der Waals surface area contributed by atoms with Crippen molar-refractivity contribution in [3.8, 4) is 0 Å². The molecule has 1 N–H and O–H groups in total. The van der Waals surface area contributed by atoms with Crippen LogP contribution in [0.4, 0.5) is 0 Å². The second-order valence-corrected chi connectivity index (χ2v) is 6.54. The standard InChI is InChI=1S/C14H25N/c1-13(2,3)12(15-14(4,5)6)11-9-7-8-10-11/h7,9-10,12,15H,8H2,1-6H3. The molecule has 0 fully saturated rings. The molecule has 0 aromatic rings. The molecule has 0 bridgehead atoms. The van der Waals surface area contributed by atoms with Crippen molar-refractivity contribution in [3.63, 3.8) is 0 Å². The molecular formula is C14H25N. The van der Waals surface area contributed by atoms with Gasteiger partial charge in [0.25, 0.3) is 0 Å². The molecule has 1 nitrogen and oxygen atoms in total. The van der Waals surface area contributed by atoms with E-state index < -0.39 is 0 Å². The average molecular weight is 207 g/mol. The maximum Gasteiger partial charge on any atom is 0.0370 e. The summed E-state index contributed by atoms with van der Waals surface area (Å²) in [6.07, 6.45) is 7.91. The lowest BCUT2D eigenvalue weighted by Gasteiger charge is -2.38. The van der Waals surface area contributed by atoms with E-state index in [2.05, 4.69) is 65.1 Å². The summed E-state index contributed by atoms with van der Waals surface area (Å²) in [6, 6.07) is 0.441. The fourth-order valence-corrected chi connectivity index (χ4v) is 1.92. The van der Waals surface area contributed by atoms with E-state index in [1.807, 2.05) is 0 Å². The van der Waals surface area contributed by atoms with E-state index in [-0.39, 0.29) is 11.0 Å². The van der Waals surface area contributed by atoms with Gasteiger partial charge in [-0.2, -0.15) is 0 Å². The van der Waals surface area contributed by atoms with Gasteiger partial charge in [0.15, 0.2) is 0 Å². The molecule has 0 saturated heterocycles. The minimum atomic E-state index is 0.162. The summed E-state index contributed by atoms with van der Waals surface area (Å²) in [5, 5.41) is 3.72. The lowest BCUT2D eigenvalue weighted by molar-refractivity contribution is 0.251. The van der Waals surface area contributed by atoms with Crippen LogP contribution in [-0.2, 0) is 0 Å². The zero-order valence-electron chi connectivity index (χ0n) is 11.0. The molecule has 1 aliphatic carbocycles. The lowest BCUT2D eigenvalue weighted by Crippen LogP contribution is -2.50. The van der Waals surface area contributed by atoms with Gasteiger partial charge in [-0.1, -0.05) is 39.0 Å². The van der Waals surface area contributed by atoms with E-state index in [9.17, 15) is 0 Å². The number of hydrogen-bond acceptors (Lipinski definition) is 1. The highest BCUT2D eigenvalue weighted by molar-refractivity contribution is 5.32. The van der Waals surface area contributed by atoms with Crippen LogP contribution in [0.1, 0.15) is 48.0 Å². The van der Waals surface area contributed by atoms with Crippen LogP contribution in [-0.4, -0.2) is 11.6 Å². The van der Waals surface area contributed by atoms with Gasteiger partial charge in [0, 0.05) is 11.6 Å². The summed E-state index contributed by atoms with van der Waals surface area (Å²) in [7, 11) is 0. The summed E-state index contributed by atoms with van der Waals surface area (Å²) in [5.41, 5.74) is 1.86. The fourth-order valence-electron chi connectivity index (χ4n) is 1.92. The van der Waals surface area contributed by atoms with Crippen molar-refractivity contribution in [2.45, 2.75) is 59.5 Å². The summed E-state index contributed by atoms with van der Waals surface area (Å²) in [4.78, 5) is 0. The first kappa shape index (κ1) is 12.5. The van der Waals surface area contributed by atoms with Gasteiger partial charge < -0.3 is 5.32 Å². The number of hydrogen-bond donors (Lipinski definition) is 1. The van der Waals surface area contributed by atoms with E-state index >= 15 is 0 Å². The third-order valence-electron chi connectivity index (χ3n) is 2.58. The van der Waals surface area contributed by atoms with Crippen LogP contribution in [0.2, 0.25) is 0 Å². The topological polar surface area (TPSA) is 12.0 Å². The van der Waals surface area contributed by atoms with Gasteiger partial charge in [0.1, 0.15) is 0 Å². The molecule has 1 aliphatic rings. The molecule has 86 valence electrons. The highest BCUT2D eigenvalue weighted by Crippen LogP contribution is 2.29. The van der Waals surface area contributed by atoms with E-state index in [0.29, 0.717) is 6.04 Å². The van der Waals surface area contributed by atoms with Gasteiger partial charge in [0.05, 0.1) is 0 Å². The Kier molecular flexibility index (Phi) is 3.44. The Morgan fingerprint density at radius 1 is 1.13 bits per heavy atom. The van der Waals surface area contributed by atoms with Gasteiger partial charge in [-0.05, 0) is 38.2 Å². The SMILES string of the molecule is CC(C)(C)NC(C1=CCC=C1)C(C)(C)C. The molecule has 0 spiro atoms. The Morgan fingerprint density at radius 2 is 1.73 bits per heavy atom. The molecule has 1 unspecified atom stereocenters. The molecule has 0 aliphatic heterocycles. The van der Waals surface area contributed by atoms with Crippen LogP contribution < -0.4 is 5.32 Å². The second kappa shape index (κ2) is 4.13. The summed E-state index contributed by atoms with van der Waals surface area (Å²) < 4.78 is 0. The Hall–Kier alpha value is -0.560. The van der Waals surface area contributed by atoms with Crippen molar-refractivity contribution < 1.29 is 0 Å². The van der Waals surface area contributed by atoms with Crippen LogP contribution in [0.5, 0.6) is 0 Å². The number of allylic oxidation sites excluding steroid dienone is 2. The third kappa shape index (κ3) is 3.83. The van der Waals surface area contributed by atoms with E-state index in [0.717, 1.165) is 6.42 Å². The smallest absolute Gasteiger partial charge is 0.0370 e. The number of nitrogens with one attached hydrogen (secondary N) is 1. The zero-order chi connectivity index (χ0) is 11.7. The summed E-state index contributed by atoms with van der Waals surface area (Å²) in [6.45, 7) is 13.6. The van der Waals surface area contributed by atoms with Crippen LogP contribution >= 0.6 is 0 Å². The Bertz CT molecular complexity index is 271. The van der Waals surface area contributed by atoms with Gasteiger partial charge in [0.2, 0.25) is 0 Å². The number of rotatable bonds is 2. The van der Waals surface area contributed by atoms with Crippen molar-refractivity contribution >= 4 is 0 Å². The first-order chi connectivity index (χ1) is 6.70. The first-order valence-corrected chi connectivity index (χ1v) is 5.84. The highest BCUT2D eigenvalue weighted by Gasteiger charge is 2.30. The van der Waals surface area contributed by atoms with Gasteiger partial charge in [-0.3, -0.25) is 0 Å². The van der Waals surface area contributed by atoms with Crippen molar-refractivity contribution in [2.75, 3.05) is 0 Å². The van der Waals surface area contributed by atoms with Crippen LogP contribution in [0, 0.1) is 5.41 Å². The average Bonchev–Trinajstić information content (AvgIpc) is 2.47. The normalized spacial score (nSPS) is 19.2. The van der Waals surface area contributed by atoms with E-state index in [4.69, 9.17) is 0 Å². The fraction of sp³-hybridized carbons (Fsp3) is 0.714. The van der Waals surface area contributed by atoms with E-state index in [1.54, 1.807) is 0 Å². The van der Waals surface area contributed by atoms with Gasteiger partial charge in [-0.25, -0.2) is 0 Å². The molecular weight excluding hydrogens is 182 g/mol. The minimum Gasteiger partial charge on any atom is -0.305 e. The predicted molar refractivity (Wildman–Crippen MR) is 68.0 cm³/mol. The Labute approximate surface area is 94.6 Å². The summed E-state index contributed by atoms with van der Waals surface area (Å²) >= 11 is 0. The predicted octanol–water partition coefficient (Wildman–Crippen LogP) is 3.68. The highest BCUT2D eigenvalue weighted by atomic mass is 15.0. The van der Waals surface area contributed by atoms with Crippen LogP contribution in [0.3, 0.4) is 0 Å². The van der Waals surface area contributed by atoms with Gasteiger partial charge in [-0.15, -0.1) is 0 Å². The molecule has 0 radical (unpaired) electrons. The second-order valence-electron chi connectivity index (χ2n) is 6.54. The van der Waals surface area contributed by atoms with E-state index in [1.165, 1.54) is 5.57 Å². The van der Waals surface area contributed by atoms with Crippen LogP contribution in [0.25, 0.3) is 0 Å². The maximum atomic E-state index is 3.72. The Morgan fingerprint density at radius 3 is 2.07 bits per heavy atom. The molecule has 0 amide bonds. The first-order valence-electron chi connectivity index (χ1n) is 5.84. The zero-order valence-corrected chi connectivity index (χ0v) is 11.0. The molecule has 15 heavy (non-hydrogen) atoms. The maximum absolute atomic E-state index is 3.72. The van der Waals surface area contributed by atoms with Crippen molar-refractivity contribution in [1.29, 1.82) is 0 Å². The monoisotopic (exact) mass is 207 g/mol. The molecule has 1 atom stereocenters. The van der Waals surface area contributed by atoms with Crippen LogP contribution in [0.15, 0.2) is 23.8 Å². The quantitative estimate of drug-likeness (QED) is 0.728. The van der Waals surface area contributed by atoms with Crippen molar-refractivity contribution in [1.82, 2.24) is 5.32 Å². The van der Waals surface area contributed by atoms with Crippen molar-refractivity contribution in [3.05, 3.63) is 23.8 Å². The summed E-state index contributed by atoms with van der Waals surface area (Å²) in [5.74, 6) is 0. The molecule has 1 rings (SSSR count). The molecule has 0 heterocycles. The molecule has 0 aromatic heterocycles. The molecule has 0 aromatic carbocycles. The third-order valence-corrected chi connectivity index (χ3v) is 2.58. The lowest BCUT2D eigenvalue weighted by atomic mass is 9.81. The van der Waals surface area contributed by atoms with Gasteiger partial charge >= 0.3 is 0 Å². The molecule has 0 saturated carbocycles.